The summed E-state index contributed by atoms with van der Waals surface area (Å²) in [5.74, 6) is 0.928. The normalized spacial score (nSPS) is 10.5. The van der Waals surface area contributed by atoms with E-state index in [1.807, 2.05) is 43.3 Å². The lowest BCUT2D eigenvalue weighted by atomic mass is 9.88. The van der Waals surface area contributed by atoms with Gasteiger partial charge in [0.1, 0.15) is 0 Å². The molecule has 26 heavy (non-hydrogen) atoms. The molecule has 1 N–H and O–H groups in total. The number of carbonyl (C=O) groups is 1. The minimum Gasteiger partial charge on any atom is -0.490 e. The Balaban J connectivity index is 1.80. The summed E-state index contributed by atoms with van der Waals surface area (Å²) in [5, 5.41) is 2.89. The van der Waals surface area contributed by atoms with Crippen LogP contribution in [0.4, 0.5) is 5.82 Å². The van der Waals surface area contributed by atoms with Gasteiger partial charge in [-0.05, 0) is 30.2 Å². The third kappa shape index (κ3) is 4.48. The first-order valence-electron chi connectivity index (χ1n) is 8.75. The van der Waals surface area contributed by atoms with Crippen molar-refractivity contribution < 1.29 is 9.53 Å². The summed E-state index contributed by atoms with van der Waals surface area (Å²) in [6, 6.07) is 23.7. The molecule has 0 saturated heterocycles. The summed E-state index contributed by atoms with van der Waals surface area (Å²) in [4.78, 5) is 17.0. The molecule has 0 atom stereocenters. The van der Waals surface area contributed by atoms with Crippen molar-refractivity contribution in [3.8, 4) is 5.75 Å². The molecule has 0 aliphatic rings. The smallest absolute Gasteiger partial charge is 0.226 e. The Morgan fingerprint density at radius 3 is 2.15 bits per heavy atom. The minimum atomic E-state index is -0.0950. The Hall–Kier alpha value is -3.14. The number of anilines is 1. The number of benzene rings is 2. The lowest BCUT2D eigenvalue weighted by Gasteiger charge is -2.18. The Morgan fingerprint density at radius 1 is 0.962 bits per heavy atom. The van der Waals surface area contributed by atoms with E-state index in [9.17, 15) is 4.79 Å². The molecule has 0 bridgehead atoms. The standard InChI is InChI=1S/C22H22N2O2/c1-2-26-20-14-9-15-23-22(20)24-21(25)16-19(17-10-5-3-6-11-17)18-12-7-4-8-13-18/h3-15,19H,2,16H2,1H3,(H,23,24,25). The summed E-state index contributed by atoms with van der Waals surface area (Å²) < 4.78 is 5.53. The van der Waals surface area contributed by atoms with E-state index in [1.54, 1.807) is 18.3 Å². The summed E-state index contributed by atoms with van der Waals surface area (Å²) in [6.45, 7) is 2.42. The van der Waals surface area contributed by atoms with Crippen LogP contribution in [0.15, 0.2) is 79.0 Å². The molecule has 3 aromatic rings. The maximum absolute atomic E-state index is 12.7. The van der Waals surface area contributed by atoms with Crippen LogP contribution < -0.4 is 10.1 Å². The predicted octanol–water partition coefficient (Wildman–Crippen LogP) is 4.64. The van der Waals surface area contributed by atoms with Gasteiger partial charge in [0.15, 0.2) is 11.6 Å². The van der Waals surface area contributed by atoms with Crippen molar-refractivity contribution in [1.29, 1.82) is 0 Å². The van der Waals surface area contributed by atoms with Crippen molar-refractivity contribution in [2.24, 2.45) is 0 Å². The lowest BCUT2D eigenvalue weighted by molar-refractivity contribution is -0.116. The van der Waals surface area contributed by atoms with E-state index >= 15 is 0 Å². The molecule has 0 unspecified atom stereocenters. The average molecular weight is 346 g/mol. The highest BCUT2D eigenvalue weighted by Crippen LogP contribution is 2.29. The molecule has 0 fully saturated rings. The van der Waals surface area contributed by atoms with Gasteiger partial charge in [0, 0.05) is 18.5 Å². The van der Waals surface area contributed by atoms with E-state index in [0.717, 1.165) is 11.1 Å². The number of rotatable bonds is 7. The van der Waals surface area contributed by atoms with Crippen molar-refractivity contribution in [1.82, 2.24) is 4.98 Å². The van der Waals surface area contributed by atoms with Crippen LogP contribution in [0.3, 0.4) is 0 Å². The number of nitrogens with one attached hydrogen (secondary N) is 1. The third-order valence-electron chi connectivity index (χ3n) is 4.12. The van der Waals surface area contributed by atoms with Crippen LogP contribution in [0.1, 0.15) is 30.4 Å². The van der Waals surface area contributed by atoms with Gasteiger partial charge in [-0.2, -0.15) is 0 Å². The second-order valence-corrected chi connectivity index (χ2v) is 5.91. The lowest BCUT2D eigenvalue weighted by Crippen LogP contribution is -2.17. The molecule has 0 aliphatic carbocycles. The van der Waals surface area contributed by atoms with Crippen LogP contribution in [0.25, 0.3) is 0 Å². The first kappa shape index (κ1) is 17.7. The van der Waals surface area contributed by atoms with Crippen LogP contribution in [0.2, 0.25) is 0 Å². The summed E-state index contributed by atoms with van der Waals surface area (Å²) in [7, 11) is 0. The van der Waals surface area contributed by atoms with Gasteiger partial charge in [0.25, 0.3) is 0 Å². The van der Waals surface area contributed by atoms with Gasteiger partial charge in [-0.3, -0.25) is 4.79 Å². The fourth-order valence-corrected chi connectivity index (χ4v) is 2.92. The van der Waals surface area contributed by atoms with Crippen molar-refractivity contribution in [3.63, 3.8) is 0 Å². The number of amides is 1. The zero-order valence-electron chi connectivity index (χ0n) is 14.8. The van der Waals surface area contributed by atoms with Crippen LogP contribution in [0.5, 0.6) is 5.75 Å². The highest BCUT2D eigenvalue weighted by atomic mass is 16.5. The molecule has 0 aliphatic heterocycles. The second kappa shape index (κ2) is 8.81. The monoisotopic (exact) mass is 346 g/mol. The fourth-order valence-electron chi connectivity index (χ4n) is 2.92. The maximum atomic E-state index is 12.7. The van der Waals surface area contributed by atoms with E-state index in [-0.39, 0.29) is 11.8 Å². The molecule has 1 aromatic heterocycles. The molecular formula is C22H22N2O2. The van der Waals surface area contributed by atoms with Crippen molar-refractivity contribution in [2.75, 3.05) is 11.9 Å². The molecule has 0 radical (unpaired) electrons. The van der Waals surface area contributed by atoms with Gasteiger partial charge >= 0.3 is 0 Å². The van der Waals surface area contributed by atoms with E-state index in [4.69, 9.17) is 4.74 Å². The highest BCUT2D eigenvalue weighted by Gasteiger charge is 2.19. The third-order valence-corrected chi connectivity index (χ3v) is 4.12. The van der Waals surface area contributed by atoms with Crippen LogP contribution in [0, 0.1) is 0 Å². The SMILES string of the molecule is CCOc1cccnc1NC(=O)CC(c1ccccc1)c1ccccc1. The molecule has 2 aromatic carbocycles. The number of ether oxygens (including phenoxy) is 1. The molecule has 1 amide bonds. The minimum absolute atomic E-state index is 0.0170. The van der Waals surface area contributed by atoms with Crippen LogP contribution in [-0.2, 0) is 4.79 Å². The number of hydrogen-bond donors (Lipinski definition) is 1. The Bertz CT molecular complexity index is 796. The Kier molecular flexibility index (Phi) is 5.99. The molecule has 1 heterocycles. The molecular weight excluding hydrogens is 324 g/mol. The van der Waals surface area contributed by atoms with E-state index in [1.165, 1.54) is 0 Å². The molecule has 0 spiro atoms. The van der Waals surface area contributed by atoms with Gasteiger partial charge in [0.05, 0.1) is 6.61 Å². The van der Waals surface area contributed by atoms with Gasteiger partial charge in [-0.25, -0.2) is 4.98 Å². The van der Waals surface area contributed by atoms with Crippen molar-refractivity contribution in [3.05, 3.63) is 90.1 Å². The van der Waals surface area contributed by atoms with E-state index < -0.39 is 0 Å². The average Bonchev–Trinajstić information content (AvgIpc) is 2.69. The van der Waals surface area contributed by atoms with Crippen LogP contribution in [-0.4, -0.2) is 17.5 Å². The zero-order valence-corrected chi connectivity index (χ0v) is 14.8. The Morgan fingerprint density at radius 2 is 1.58 bits per heavy atom. The number of pyridine rings is 1. The summed E-state index contributed by atoms with van der Waals surface area (Å²) >= 11 is 0. The van der Waals surface area contributed by atoms with Gasteiger partial charge < -0.3 is 10.1 Å². The zero-order chi connectivity index (χ0) is 18.2. The summed E-state index contributed by atoms with van der Waals surface area (Å²) in [5.41, 5.74) is 2.22. The Labute approximate surface area is 153 Å². The maximum Gasteiger partial charge on any atom is 0.226 e. The molecule has 0 saturated carbocycles. The molecule has 4 nitrogen and oxygen atoms in total. The van der Waals surface area contributed by atoms with Gasteiger partial charge in [-0.1, -0.05) is 60.7 Å². The molecule has 3 rings (SSSR count). The van der Waals surface area contributed by atoms with Gasteiger partial charge in [-0.15, -0.1) is 0 Å². The van der Waals surface area contributed by atoms with Crippen molar-refractivity contribution in [2.45, 2.75) is 19.3 Å². The first-order valence-corrected chi connectivity index (χ1v) is 8.75. The highest BCUT2D eigenvalue weighted by molar-refractivity contribution is 5.91. The molecule has 4 heteroatoms. The van der Waals surface area contributed by atoms with E-state index in [0.29, 0.717) is 24.6 Å². The number of hydrogen-bond acceptors (Lipinski definition) is 3. The number of aromatic nitrogens is 1. The quantitative estimate of drug-likeness (QED) is 0.678. The largest absolute Gasteiger partial charge is 0.490 e. The van der Waals surface area contributed by atoms with E-state index in [2.05, 4.69) is 34.6 Å². The topological polar surface area (TPSA) is 51.2 Å². The van der Waals surface area contributed by atoms with Crippen molar-refractivity contribution >= 4 is 11.7 Å². The second-order valence-electron chi connectivity index (χ2n) is 5.91. The number of carbonyl (C=O) groups excluding carboxylic acids is 1. The van der Waals surface area contributed by atoms with Crippen LogP contribution >= 0.6 is 0 Å². The number of nitrogens with zero attached hydrogens (tertiary/aromatic N) is 1. The summed E-state index contributed by atoms with van der Waals surface area (Å²) in [6.07, 6.45) is 1.97. The predicted molar refractivity (Wildman–Crippen MR) is 103 cm³/mol. The fraction of sp³-hybridized carbons (Fsp3) is 0.182. The first-order chi connectivity index (χ1) is 12.8. The molecule has 132 valence electrons. The van der Waals surface area contributed by atoms with Gasteiger partial charge in [0.2, 0.25) is 5.91 Å².